The topological polar surface area (TPSA) is 80.0 Å². The molecule has 0 aliphatic carbocycles. The lowest BCUT2D eigenvalue weighted by atomic mass is 9.95. The van der Waals surface area contributed by atoms with Gasteiger partial charge in [0.2, 0.25) is 5.78 Å². The normalized spacial score (nSPS) is 16.4. The van der Waals surface area contributed by atoms with Crippen molar-refractivity contribution in [1.82, 2.24) is 4.90 Å². The van der Waals surface area contributed by atoms with Crippen molar-refractivity contribution in [3.8, 4) is 5.75 Å². The molecule has 0 spiro atoms. The van der Waals surface area contributed by atoms with Crippen LogP contribution in [-0.4, -0.2) is 35.4 Å². The first kappa shape index (κ1) is 21.0. The predicted octanol–water partition coefficient (Wildman–Crippen LogP) is 5.47. The van der Waals surface area contributed by atoms with E-state index in [-0.39, 0.29) is 11.3 Å². The second kappa shape index (κ2) is 8.47. The van der Waals surface area contributed by atoms with E-state index >= 15 is 0 Å². The van der Waals surface area contributed by atoms with E-state index in [4.69, 9.17) is 20.8 Å². The summed E-state index contributed by atoms with van der Waals surface area (Å²) in [5.74, 6) is -0.930. The van der Waals surface area contributed by atoms with Crippen LogP contribution < -0.4 is 4.74 Å². The average molecular weight is 440 g/mol. The highest BCUT2D eigenvalue weighted by atomic mass is 35.5. The Kier molecular flexibility index (Phi) is 5.74. The number of unbranched alkanes of at least 4 members (excludes halogenated alkanes) is 1. The number of fused-ring (bicyclic) bond motifs is 1. The van der Waals surface area contributed by atoms with Gasteiger partial charge in [-0.25, -0.2) is 0 Å². The molecule has 1 aromatic heterocycles. The summed E-state index contributed by atoms with van der Waals surface area (Å²) in [7, 11) is 1.57. The molecule has 1 unspecified atom stereocenters. The maximum absolute atomic E-state index is 13.4. The molecule has 0 bridgehead atoms. The Balaban J connectivity index is 1.78. The number of halogens is 1. The van der Waals surface area contributed by atoms with Crippen molar-refractivity contribution in [1.29, 1.82) is 0 Å². The van der Waals surface area contributed by atoms with E-state index in [1.807, 2.05) is 6.92 Å². The Morgan fingerprint density at radius 3 is 2.61 bits per heavy atom. The first-order valence-electron chi connectivity index (χ1n) is 10.1. The predicted molar refractivity (Wildman–Crippen MR) is 118 cm³/mol. The number of methoxy groups -OCH3 is 1. The Hall–Kier alpha value is -3.25. The number of ketones is 1. The van der Waals surface area contributed by atoms with Crippen molar-refractivity contribution in [3.05, 3.63) is 76.2 Å². The van der Waals surface area contributed by atoms with Gasteiger partial charge in [-0.05, 0) is 48.4 Å². The lowest BCUT2D eigenvalue weighted by Gasteiger charge is -2.26. The first-order chi connectivity index (χ1) is 14.9. The molecule has 1 N–H and O–H groups in total. The number of carbonyl (C=O) groups is 2. The standard InChI is InChI=1S/C24H22ClNO5/c1-3-4-11-26-21(14-5-8-17(30-2)9-6-14)20(23(28)24(26)29)22(27)19-13-15-12-16(25)7-10-18(15)31-19/h5-10,12-13,21,28H,3-4,11H2,1-2H3. The molecule has 1 aliphatic rings. The van der Waals surface area contributed by atoms with E-state index in [9.17, 15) is 14.7 Å². The Morgan fingerprint density at radius 1 is 1.19 bits per heavy atom. The highest BCUT2D eigenvalue weighted by Gasteiger charge is 2.44. The molecule has 2 heterocycles. The average Bonchev–Trinajstić information content (AvgIpc) is 3.30. The van der Waals surface area contributed by atoms with E-state index in [1.165, 1.54) is 4.90 Å². The second-order valence-electron chi connectivity index (χ2n) is 7.41. The number of amides is 1. The molecular weight excluding hydrogens is 418 g/mol. The van der Waals surface area contributed by atoms with Crippen molar-refractivity contribution in [2.24, 2.45) is 0 Å². The molecule has 0 fully saturated rings. The molecule has 7 heteroatoms. The number of Topliss-reactive ketones (excluding diaryl/α,β-unsaturated/α-hetero) is 1. The number of aliphatic hydroxyl groups is 1. The lowest BCUT2D eigenvalue weighted by molar-refractivity contribution is -0.129. The van der Waals surface area contributed by atoms with Gasteiger partial charge < -0.3 is 19.2 Å². The highest BCUT2D eigenvalue weighted by Crippen LogP contribution is 2.40. The zero-order valence-corrected chi connectivity index (χ0v) is 18.0. The van der Waals surface area contributed by atoms with Crippen LogP contribution in [0.3, 0.4) is 0 Å². The molecule has 1 amide bonds. The van der Waals surface area contributed by atoms with Gasteiger partial charge >= 0.3 is 0 Å². The van der Waals surface area contributed by atoms with Crippen molar-refractivity contribution in [2.45, 2.75) is 25.8 Å². The molecule has 1 aliphatic heterocycles. The van der Waals surface area contributed by atoms with Crippen LogP contribution in [0.4, 0.5) is 0 Å². The minimum absolute atomic E-state index is 0.0106. The fourth-order valence-electron chi connectivity index (χ4n) is 3.84. The van der Waals surface area contributed by atoms with Gasteiger partial charge in [0.25, 0.3) is 5.91 Å². The third-order valence-corrected chi connectivity index (χ3v) is 5.67. The summed E-state index contributed by atoms with van der Waals surface area (Å²) < 4.78 is 10.9. The number of nitrogens with zero attached hydrogens (tertiary/aromatic N) is 1. The fourth-order valence-corrected chi connectivity index (χ4v) is 4.02. The minimum Gasteiger partial charge on any atom is -0.503 e. The number of hydrogen-bond acceptors (Lipinski definition) is 5. The number of furan rings is 1. The largest absolute Gasteiger partial charge is 0.503 e. The molecule has 0 saturated carbocycles. The second-order valence-corrected chi connectivity index (χ2v) is 7.85. The van der Waals surface area contributed by atoms with Gasteiger partial charge in [0.1, 0.15) is 11.3 Å². The van der Waals surface area contributed by atoms with Crippen molar-refractivity contribution in [2.75, 3.05) is 13.7 Å². The van der Waals surface area contributed by atoms with Crippen LogP contribution in [-0.2, 0) is 4.79 Å². The quantitative estimate of drug-likeness (QED) is 0.493. The summed E-state index contributed by atoms with van der Waals surface area (Å²) in [5.41, 5.74) is 1.22. The van der Waals surface area contributed by atoms with Crippen LogP contribution in [0.25, 0.3) is 11.0 Å². The molecule has 0 radical (unpaired) electrons. The Bertz CT molecular complexity index is 1180. The molecule has 2 aromatic carbocycles. The summed E-state index contributed by atoms with van der Waals surface area (Å²) in [6.45, 7) is 2.43. The Morgan fingerprint density at radius 2 is 1.94 bits per heavy atom. The van der Waals surface area contributed by atoms with Gasteiger partial charge in [0.15, 0.2) is 11.5 Å². The molecule has 0 saturated heterocycles. The van der Waals surface area contributed by atoms with Crippen molar-refractivity contribution < 1.29 is 23.8 Å². The maximum Gasteiger partial charge on any atom is 0.290 e. The van der Waals surface area contributed by atoms with Crippen molar-refractivity contribution in [3.63, 3.8) is 0 Å². The highest BCUT2D eigenvalue weighted by molar-refractivity contribution is 6.31. The van der Waals surface area contributed by atoms with Crippen LogP contribution in [0.5, 0.6) is 5.75 Å². The summed E-state index contributed by atoms with van der Waals surface area (Å²) in [6, 6.07) is 13.0. The van der Waals surface area contributed by atoms with E-state index < -0.39 is 23.5 Å². The molecule has 3 aromatic rings. The van der Waals surface area contributed by atoms with E-state index in [0.29, 0.717) is 33.8 Å². The monoisotopic (exact) mass is 439 g/mol. The molecule has 6 nitrogen and oxygen atoms in total. The SMILES string of the molecule is CCCCN1C(=O)C(O)=C(C(=O)c2cc3cc(Cl)ccc3o2)C1c1ccc(OC)cc1. The van der Waals surface area contributed by atoms with E-state index in [2.05, 4.69) is 0 Å². The fraction of sp³-hybridized carbons (Fsp3) is 0.250. The number of carbonyl (C=O) groups excluding carboxylic acids is 2. The van der Waals surface area contributed by atoms with Crippen LogP contribution in [0.2, 0.25) is 5.02 Å². The Labute approximate surface area is 184 Å². The molecule has 4 rings (SSSR count). The summed E-state index contributed by atoms with van der Waals surface area (Å²) >= 11 is 6.03. The number of rotatable bonds is 7. The molecular formula is C24H22ClNO5. The zero-order chi connectivity index (χ0) is 22.1. The van der Waals surface area contributed by atoms with Gasteiger partial charge in [-0.1, -0.05) is 37.1 Å². The van der Waals surface area contributed by atoms with Gasteiger partial charge in [-0.15, -0.1) is 0 Å². The smallest absolute Gasteiger partial charge is 0.290 e. The number of hydrogen-bond donors (Lipinski definition) is 1. The van der Waals surface area contributed by atoms with Gasteiger partial charge in [0.05, 0.1) is 18.7 Å². The van der Waals surface area contributed by atoms with Gasteiger partial charge in [-0.2, -0.15) is 0 Å². The van der Waals surface area contributed by atoms with Crippen LogP contribution in [0.1, 0.15) is 41.9 Å². The third kappa shape index (κ3) is 3.79. The third-order valence-electron chi connectivity index (χ3n) is 5.43. The van der Waals surface area contributed by atoms with E-state index in [1.54, 1.807) is 55.6 Å². The lowest BCUT2D eigenvalue weighted by Crippen LogP contribution is -2.32. The van der Waals surface area contributed by atoms with Crippen LogP contribution in [0.15, 0.2) is 64.3 Å². The van der Waals surface area contributed by atoms with E-state index in [0.717, 1.165) is 12.8 Å². The number of ether oxygens (including phenoxy) is 1. The first-order valence-corrected chi connectivity index (χ1v) is 10.4. The van der Waals surface area contributed by atoms with Gasteiger partial charge in [-0.3, -0.25) is 9.59 Å². The summed E-state index contributed by atoms with van der Waals surface area (Å²) in [5, 5.41) is 11.9. The molecule has 160 valence electrons. The number of aliphatic hydroxyl groups excluding tert-OH is 1. The summed E-state index contributed by atoms with van der Waals surface area (Å²) in [4.78, 5) is 27.8. The maximum atomic E-state index is 13.4. The minimum atomic E-state index is -0.714. The van der Waals surface area contributed by atoms with Gasteiger partial charge in [0, 0.05) is 17.0 Å². The number of benzene rings is 2. The molecule has 1 atom stereocenters. The van der Waals surface area contributed by atoms with Crippen LogP contribution in [0, 0.1) is 0 Å². The summed E-state index contributed by atoms with van der Waals surface area (Å²) in [6.07, 6.45) is 1.61. The molecule has 31 heavy (non-hydrogen) atoms. The van der Waals surface area contributed by atoms with Crippen LogP contribution >= 0.6 is 11.6 Å². The zero-order valence-electron chi connectivity index (χ0n) is 17.2. The van der Waals surface area contributed by atoms with Crippen molar-refractivity contribution >= 4 is 34.3 Å².